The smallest absolute Gasteiger partial charge is 0.0699 e. The highest BCUT2D eigenvalue weighted by Gasteiger charge is 2.39. The maximum atomic E-state index is 9.78. The normalized spacial score (nSPS) is 23.1. The summed E-state index contributed by atoms with van der Waals surface area (Å²) < 4.78 is 5.33. The van der Waals surface area contributed by atoms with E-state index in [4.69, 9.17) is 4.74 Å². The van der Waals surface area contributed by atoms with Crippen LogP contribution in [0.5, 0.6) is 0 Å². The maximum Gasteiger partial charge on any atom is 0.0699 e. The van der Waals surface area contributed by atoms with Gasteiger partial charge in [-0.25, -0.2) is 0 Å². The van der Waals surface area contributed by atoms with Crippen LogP contribution in [0.2, 0.25) is 0 Å². The average molecular weight is 230 g/mol. The SMILES string of the molecule is COCC(CO)(C(C)C)N1CCCNCC1. The van der Waals surface area contributed by atoms with Gasteiger partial charge in [0.25, 0.3) is 0 Å². The predicted octanol–water partition coefficient (Wildman–Crippen LogP) is 0.315. The van der Waals surface area contributed by atoms with Crippen molar-refractivity contribution in [1.29, 1.82) is 0 Å². The number of hydrogen-bond acceptors (Lipinski definition) is 4. The van der Waals surface area contributed by atoms with Gasteiger partial charge in [0.2, 0.25) is 0 Å². The van der Waals surface area contributed by atoms with Crippen molar-refractivity contribution in [1.82, 2.24) is 10.2 Å². The van der Waals surface area contributed by atoms with E-state index < -0.39 is 0 Å². The summed E-state index contributed by atoms with van der Waals surface area (Å²) in [5, 5.41) is 13.2. The Kier molecular flexibility index (Phi) is 5.69. The number of rotatable bonds is 5. The van der Waals surface area contributed by atoms with E-state index in [-0.39, 0.29) is 12.1 Å². The van der Waals surface area contributed by atoms with Crippen molar-refractivity contribution in [2.45, 2.75) is 25.8 Å². The molecule has 4 nitrogen and oxygen atoms in total. The van der Waals surface area contributed by atoms with Crippen LogP contribution in [-0.2, 0) is 4.74 Å². The quantitative estimate of drug-likeness (QED) is 0.714. The number of aliphatic hydroxyl groups excluding tert-OH is 1. The molecule has 0 aromatic heterocycles. The lowest BCUT2D eigenvalue weighted by Crippen LogP contribution is -2.59. The first-order valence-corrected chi connectivity index (χ1v) is 6.23. The van der Waals surface area contributed by atoms with Crippen molar-refractivity contribution >= 4 is 0 Å². The zero-order valence-corrected chi connectivity index (χ0v) is 10.8. The lowest BCUT2D eigenvalue weighted by molar-refractivity contribution is -0.0533. The van der Waals surface area contributed by atoms with E-state index in [0.29, 0.717) is 12.5 Å². The average Bonchev–Trinajstić information content (AvgIpc) is 2.54. The van der Waals surface area contributed by atoms with Crippen molar-refractivity contribution in [3.8, 4) is 0 Å². The Morgan fingerprint density at radius 1 is 1.38 bits per heavy atom. The fraction of sp³-hybridized carbons (Fsp3) is 1.00. The fourth-order valence-corrected chi connectivity index (χ4v) is 2.49. The van der Waals surface area contributed by atoms with Crippen LogP contribution in [0.4, 0.5) is 0 Å². The summed E-state index contributed by atoms with van der Waals surface area (Å²) in [4.78, 5) is 2.39. The summed E-state index contributed by atoms with van der Waals surface area (Å²) >= 11 is 0. The van der Waals surface area contributed by atoms with Crippen LogP contribution in [0.15, 0.2) is 0 Å². The molecule has 0 saturated carbocycles. The summed E-state index contributed by atoms with van der Waals surface area (Å²) in [6, 6.07) is 0. The highest BCUT2D eigenvalue weighted by Crippen LogP contribution is 2.25. The first-order chi connectivity index (χ1) is 7.67. The van der Waals surface area contributed by atoms with E-state index >= 15 is 0 Å². The lowest BCUT2D eigenvalue weighted by Gasteiger charge is -2.45. The molecule has 0 radical (unpaired) electrons. The Morgan fingerprint density at radius 3 is 2.69 bits per heavy atom. The Labute approximate surface area is 99.0 Å². The minimum absolute atomic E-state index is 0.165. The fourth-order valence-electron chi connectivity index (χ4n) is 2.49. The first-order valence-electron chi connectivity index (χ1n) is 6.23. The number of nitrogens with one attached hydrogen (secondary N) is 1. The minimum atomic E-state index is -0.221. The molecule has 2 N–H and O–H groups in total. The van der Waals surface area contributed by atoms with Gasteiger partial charge in [0.05, 0.1) is 18.8 Å². The lowest BCUT2D eigenvalue weighted by atomic mass is 9.85. The summed E-state index contributed by atoms with van der Waals surface area (Å²) in [6.07, 6.45) is 1.14. The van der Waals surface area contributed by atoms with E-state index in [1.54, 1.807) is 7.11 Å². The second-order valence-electron chi connectivity index (χ2n) is 4.94. The van der Waals surface area contributed by atoms with Gasteiger partial charge in [0, 0.05) is 26.7 Å². The molecule has 1 atom stereocenters. The number of methoxy groups -OCH3 is 1. The summed E-state index contributed by atoms with van der Waals surface area (Å²) in [6.45, 7) is 9.18. The third-order valence-electron chi connectivity index (χ3n) is 3.71. The molecule has 0 amide bonds. The van der Waals surface area contributed by atoms with Gasteiger partial charge in [0.15, 0.2) is 0 Å². The Balaban J connectivity index is 2.79. The second kappa shape index (κ2) is 6.55. The molecule has 4 heteroatoms. The first kappa shape index (κ1) is 13.9. The molecule has 1 rings (SSSR count). The van der Waals surface area contributed by atoms with Crippen molar-refractivity contribution in [2.24, 2.45) is 5.92 Å². The van der Waals surface area contributed by atoms with Gasteiger partial charge in [-0.3, -0.25) is 4.90 Å². The number of nitrogens with zero attached hydrogens (tertiary/aromatic N) is 1. The van der Waals surface area contributed by atoms with Crippen molar-refractivity contribution < 1.29 is 9.84 Å². The highest BCUT2D eigenvalue weighted by molar-refractivity contribution is 4.94. The van der Waals surface area contributed by atoms with E-state index in [1.165, 1.54) is 0 Å². The number of aliphatic hydroxyl groups is 1. The molecular formula is C12H26N2O2. The van der Waals surface area contributed by atoms with Gasteiger partial charge in [0.1, 0.15) is 0 Å². The van der Waals surface area contributed by atoms with Crippen LogP contribution in [0.25, 0.3) is 0 Å². The van der Waals surface area contributed by atoms with Gasteiger partial charge in [-0.1, -0.05) is 13.8 Å². The molecule has 1 fully saturated rings. The maximum absolute atomic E-state index is 9.78. The molecule has 1 aliphatic rings. The van der Waals surface area contributed by atoms with E-state index in [2.05, 4.69) is 24.1 Å². The second-order valence-corrected chi connectivity index (χ2v) is 4.94. The molecule has 1 saturated heterocycles. The summed E-state index contributed by atoms with van der Waals surface area (Å²) in [5.74, 6) is 0.385. The molecule has 96 valence electrons. The standard InChI is InChI=1S/C12H26N2O2/c1-11(2)12(9-15,10-16-3)14-7-4-5-13-6-8-14/h11,13,15H,4-10H2,1-3H3. The predicted molar refractivity (Wildman–Crippen MR) is 65.6 cm³/mol. The largest absolute Gasteiger partial charge is 0.394 e. The molecule has 1 heterocycles. The van der Waals surface area contributed by atoms with E-state index in [9.17, 15) is 5.11 Å². The minimum Gasteiger partial charge on any atom is -0.394 e. The molecule has 0 aliphatic carbocycles. The van der Waals surface area contributed by atoms with E-state index in [1.807, 2.05) is 0 Å². The molecule has 1 unspecified atom stereocenters. The Morgan fingerprint density at radius 2 is 2.12 bits per heavy atom. The Hall–Kier alpha value is -0.160. The molecule has 0 bridgehead atoms. The molecule has 0 spiro atoms. The molecule has 0 aromatic rings. The zero-order chi connectivity index (χ0) is 12.0. The van der Waals surface area contributed by atoms with Crippen LogP contribution in [0.1, 0.15) is 20.3 Å². The van der Waals surface area contributed by atoms with Gasteiger partial charge in [-0.05, 0) is 18.9 Å². The van der Waals surface area contributed by atoms with Crippen LogP contribution in [-0.4, -0.2) is 62.0 Å². The third kappa shape index (κ3) is 2.94. The molecule has 0 aromatic carbocycles. The zero-order valence-electron chi connectivity index (χ0n) is 10.8. The Bertz CT molecular complexity index is 191. The van der Waals surface area contributed by atoms with E-state index in [0.717, 1.165) is 32.6 Å². The third-order valence-corrected chi connectivity index (χ3v) is 3.71. The van der Waals surface area contributed by atoms with Crippen molar-refractivity contribution in [2.75, 3.05) is 46.5 Å². The van der Waals surface area contributed by atoms with Crippen LogP contribution in [0.3, 0.4) is 0 Å². The molecule has 1 aliphatic heterocycles. The summed E-state index contributed by atoms with van der Waals surface area (Å²) in [5.41, 5.74) is -0.221. The highest BCUT2D eigenvalue weighted by atomic mass is 16.5. The van der Waals surface area contributed by atoms with Gasteiger partial charge in [-0.2, -0.15) is 0 Å². The van der Waals surface area contributed by atoms with Gasteiger partial charge < -0.3 is 15.2 Å². The summed E-state index contributed by atoms with van der Waals surface area (Å²) in [7, 11) is 1.71. The monoisotopic (exact) mass is 230 g/mol. The van der Waals surface area contributed by atoms with Crippen LogP contribution in [0, 0.1) is 5.92 Å². The van der Waals surface area contributed by atoms with Crippen LogP contribution >= 0.6 is 0 Å². The number of ether oxygens (including phenoxy) is 1. The number of hydrogen-bond donors (Lipinski definition) is 2. The van der Waals surface area contributed by atoms with Gasteiger partial charge >= 0.3 is 0 Å². The van der Waals surface area contributed by atoms with Crippen molar-refractivity contribution in [3.63, 3.8) is 0 Å². The molecule has 16 heavy (non-hydrogen) atoms. The topological polar surface area (TPSA) is 44.7 Å². The molecular weight excluding hydrogens is 204 g/mol. The van der Waals surface area contributed by atoms with Gasteiger partial charge in [-0.15, -0.1) is 0 Å². The van der Waals surface area contributed by atoms with Crippen molar-refractivity contribution in [3.05, 3.63) is 0 Å². The van der Waals surface area contributed by atoms with Crippen LogP contribution < -0.4 is 5.32 Å².